The molecule has 0 spiro atoms. The summed E-state index contributed by atoms with van der Waals surface area (Å²) in [6, 6.07) is 86.9. The summed E-state index contributed by atoms with van der Waals surface area (Å²) in [6.07, 6.45) is 0. The Morgan fingerprint density at radius 2 is 0.746 bits per heavy atom. The summed E-state index contributed by atoms with van der Waals surface area (Å²) in [5.41, 5.74) is 17.9. The Balaban J connectivity index is 0.942. The molecule has 0 atom stereocenters. The largest absolute Gasteiger partial charge is 0.455 e. The molecule has 0 bridgehead atoms. The molecule has 10 aromatic carbocycles. The molecule has 0 fully saturated rings. The molecule has 0 saturated carbocycles. The monoisotopic (exact) mass is 804 g/mol. The highest BCUT2D eigenvalue weighted by atomic mass is 16.3. The maximum atomic E-state index is 6.70. The maximum absolute atomic E-state index is 6.70. The highest BCUT2D eigenvalue weighted by molar-refractivity contribution is 6.27. The molecule has 296 valence electrons. The molecule has 12 rings (SSSR count). The van der Waals surface area contributed by atoms with Crippen LogP contribution in [0.4, 0.5) is 17.1 Å². The van der Waals surface area contributed by atoms with Crippen LogP contribution in [0.1, 0.15) is 0 Å². The Morgan fingerprint density at radius 1 is 0.333 bits per heavy atom. The van der Waals surface area contributed by atoms with Gasteiger partial charge in [-0.3, -0.25) is 0 Å². The smallest absolute Gasteiger partial charge is 0.145 e. The van der Waals surface area contributed by atoms with Crippen molar-refractivity contribution in [3.05, 3.63) is 243 Å². The molecule has 12 aromatic rings. The van der Waals surface area contributed by atoms with Crippen molar-refractivity contribution in [2.24, 2.45) is 0 Å². The van der Waals surface area contributed by atoms with Gasteiger partial charge in [-0.25, -0.2) is 0 Å². The number of hydrogen-bond donors (Lipinski definition) is 0. The number of aromatic nitrogens is 1. The first-order valence-corrected chi connectivity index (χ1v) is 21.5. The van der Waals surface area contributed by atoms with E-state index < -0.39 is 0 Å². The second-order valence-corrected chi connectivity index (χ2v) is 16.1. The highest BCUT2D eigenvalue weighted by Gasteiger charge is 2.23. The van der Waals surface area contributed by atoms with E-state index in [1.165, 1.54) is 33.2 Å². The van der Waals surface area contributed by atoms with E-state index >= 15 is 0 Å². The van der Waals surface area contributed by atoms with Gasteiger partial charge in [0.25, 0.3) is 0 Å². The number of rotatable bonds is 8. The fraction of sp³-hybridized carbons (Fsp3) is 0. The Kier molecular flexibility index (Phi) is 8.83. The van der Waals surface area contributed by atoms with Crippen molar-refractivity contribution in [3.63, 3.8) is 0 Å². The Bertz CT molecular complexity index is 3470. The van der Waals surface area contributed by atoms with Crippen LogP contribution >= 0.6 is 0 Å². The van der Waals surface area contributed by atoms with Crippen LogP contribution in [0.5, 0.6) is 0 Å². The van der Waals surface area contributed by atoms with Gasteiger partial charge in [-0.1, -0.05) is 176 Å². The Hall–Kier alpha value is -8.40. The van der Waals surface area contributed by atoms with E-state index in [1.807, 2.05) is 6.07 Å². The summed E-state index contributed by atoms with van der Waals surface area (Å²) < 4.78 is 9.10. The molecule has 0 aliphatic heterocycles. The van der Waals surface area contributed by atoms with E-state index in [9.17, 15) is 0 Å². The standard InChI is InChI=1S/C60H40N2O/c1-4-14-41(15-5-1)44-28-34-49(35-29-44)61(50-36-30-45(31-37-50)42-16-6-2-7-17-42)51-38-32-46(33-39-51)43-24-26-47(27-25-43)54-40-55-52-20-11-13-23-57(52)63-60(55)58-53-21-10-12-22-56(53)62(59(54)58)48-18-8-3-9-19-48/h1-40H. The molecule has 3 nitrogen and oxygen atoms in total. The van der Waals surface area contributed by atoms with Crippen molar-refractivity contribution in [1.29, 1.82) is 0 Å². The first-order valence-electron chi connectivity index (χ1n) is 21.5. The van der Waals surface area contributed by atoms with Gasteiger partial charge in [0.1, 0.15) is 11.2 Å². The van der Waals surface area contributed by atoms with Gasteiger partial charge < -0.3 is 13.9 Å². The summed E-state index contributed by atoms with van der Waals surface area (Å²) >= 11 is 0. The third-order valence-electron chi connectivity index (χ3n) is 12.4. The van der Waals surface area contributed by atoms with E-state index in [1.54, 1.807) is 0 Å². The molecule has 0 saturated heterocycles. The molecule has 0 N–H and O–H groups in total. The summed E-state index contributed by atoms with van der Waals surface area (Å²) in [5.74, 6) is 0. The van der Waals surface area contributed by atoms with Gasteiger partial charge in [0.05, 0.1) is 16.4 Å². The topological polar surface area (TPSA) is 21.3 Å². The lowest BCUT2D eigenvalue weighted by molar-refractivity contribution is 0.673. The Morgan fingerprint density at radius 3 is 1.29 bits per heavy atom. The van der Waals surface area contributed by atoms with E-state index in [2.05, 4.69) is 246 Å². The minimum Gasteiger partial charge on any atom is -0.455 e. The lowest BCUT2D eigenvalue weighted by Gasteiger charge is -2.26. The first kappa shape index (κ1) is 36.5. The predicted octanol–water partition coefficient (Wildman–Crippen LogP) is 16.8. The minimum atomic E-state index is 0.897. The van der Waals surface area contributed by atoms with Gasteiger partial charge >= 0.3 is 0 Å². The van der Waals surface area contributed by atoms with Crippen molar-refractivity contribution in [3.8, 4) is 50.2 Å². The zero-order valence-electron chi connectivity index (χ0n) is 34.4. The van der Waals surface area contributed by atoms with Crippen molar-refractivity contribution >= 4 is 60.8 Å². The van der Waals surface area contributed by atoms with Crippen molar-refractivity contribution in [2.45, 2.75) is 0 Å². The lowest BCUT2D eigenvalue weighted by atomic mass is 9.96. The number of benzene rings is 10. The first-order chi connectivity index (χ1) is 31.2. The second kappa shape index (κ2) is 15.3. The minimum absolute atomic E-state index is 0.897. The fourth-order valence-corrected chi connectivity index (χ4v) is 9.36. The lowest BCUT2D eigenvalue weighted by Crippen LogP contribution is -2.09. The molecular weight excluding hydrogens is 765 g/mol. The predicted molar refractivity (Wildman–Crippen MR) is 264 cm³/mol. The molecule has 0 aliphatic rings. The van der Waals surface area contributed by atoms with E-state index in [4.69, 9.17) is 4.42 Å². The van der Waals surface area contributed by atoms with Crippen LogP contribution in [-0.4, -0.2) is 4.57 Å². The summed E-state index contributed by atoms with van der Waals surface area (Å²) in [6.45, 7) is 0. The van der Waals surface area contributed by atoms with Crippen LogP contribution in [-0.2, 0) is 0 Å². The van der Waals surface area contributed by atoms with Crippen LogP contribution < -0.4 is 4.90 Å². The van der Waals surface area contributed by atoms with Crippen molar-refractivity contribution in [1.82, 2.24) is 4.57 Å². The molecule has 0 amide bonds. The number of nitrogens with zero attached hydrogens (tertiary/aromatic N) is 2. The molecule has 2 heterocycles. The maximum Gasteiger partial charge on any atom is 0.145 e. The number of hydrogen-bond acceptors (Lipinski definition) is 2. The van der Waals surface area contributed by atoms with Crippen molar-refractivity contribution < 1.29 is 4.42 Å². The molecule has 0 unspecified atom stereocenters. The number of furan rings is 1. The van der Waals surface area contributed by atoms with Crippen LogP contribution in [0, 0.1) is 0 Å². The van der Waals surface area contributed by atoms with Gasteiger partial charge in [-0.2, -0.15) is 0 Å². The van der Waals surface area contributed by atoms with E-state index in [-0.39, 0.29) is 0 Å². The molecular formula is C60H40N2O. The molecule has 3 heteroatoms. The van der Waals surface area contributed by atoms with Gasteiger partial charge in [-0.15, -0.1) is 0 Å². The van der Waals surface area contributed by atoms with Gasteiger partial charge in [0.2, 0.25) is 0 Å². The van der Waals surface area contributed by atoms with Gasteiger partial charge in [0.15, 0.2) is 0 Å². The Labute approximate surface area is 366 Å². The van der Waals surface area contributed by atoms with Gasteiger partial charge in [-0.05, 0) is 106 Å². The summed E-state index contributed by atoms with van der Waals surface area (Å²) in [5, 5.41) is 4.55. The van der Waals surface area contributed by atoms with Crippen LogP contribution in [0.3, 0.4) is 0 Å². The SMILES string of the molecule is c1ccc(-c2ccc(N(c3ccc(-c4ccccc4)cc3)c3ccc(-c4ccc(-c5cc6c7ccccc7oc6c6c7ccccc7n(-c7ccccc7)c56)cc4)cc3)cc2)cc1. The van der Waals surface area contributed by atoms with E-state index in [0.29, 0.717) is 0 Å². The van der Waals surface area contributed by atoms with Crippen LogP contribution in [0.15, 0.2) is 247 Å². The number of fused-ring (bicyclic) bond motifs is 7. The number of para-hydroxylation sites is 3. The molecule has 2 aromatic heterocycles. The van der Waals surface area contributed by atoms with E-state index in [0.717, 1.165) is 77.8 Å². The third kappa shape index (κ3) is 6.38. The highest BCUT2D eigenvalue weighted by Crippen LogP contribution is 2.46. The van der Waals surface area contributed by atoms with Crippen LogP contribution in [0.25, 0.3) is 93.9 Å². The molecule has 0 radical (unpaired) electrons. The quantitative estimate of drug-likeness (QED) is 0.153. The molecule has 63 heavy (non-hydrogen) atoms. The average molecular weight is 805 g/mol. The van der Waals surface area contributed by atoms with Crippen LogP contribution in [0.2, 0.25) is 0 Å². The van der Waals surface area contributed by atoms with Crippen molar-refractivity contribution in [2.75, 3.05) is 4.90 Å². The zero-order chi connectivity index (χ0) is 41.7. The zero-order valence-corrected chi connectivity index (χ0v) is 34.4. The number of anilines is 3. The normalized spacial score (nSPS) is 11.5. The van der Waals surface area contributed by atoms with Gasteiger partial charge in [0, 0.05) is 44.5 Å². The summed E-state index contributed by atoms with van der Waals surface area (Å²) in [4.78, 5) is 2.34. The third-order valence-corrected chi connectivity index (χ3v) is 12.4. The second-order valence-electron chi connectivity index (χ2n) is 16.1. The molecule has 0 aliphatic carbocycles. The summed E-state index contributed by atoms with van der Waals surface area (Å²) in [7, 11) is 0. The fourth-order valence-electron chi connectivity index (χ4n) is 9.36. The average Bonchev–Trinajstić information content (AvgIpc) is 3.92.